The number of halogens is 1. The van der Waals surface area contributed by atoms with Gasteiger partial charge in [0.1, 0.15) is 5.82 Å². The van der Waals surface area contributed by atoms with Crippen LogP contribution < -0.4 is 25.6 Å². The van der Waals surface area contributed by atoms with E-state index < -0.39 is 21.7 Å². The SMILES string of the molecule is CN(c1ccccc1Nc1nc(Nc2ccc(C(=O)NC3CCNCC3)c(F)c2)nc2ccsc12)S(C)(=O)=O. The zero-order chi connectivity index (χ0) is 27.6. The number of carbonyl (C=O) groups excluding carboxylic acids is 1. The van der Waals surface area contributed by atoms with E-state index in [0.29, 0.717) is 28.4 Å². The van der Waals surface area contributed by atoms with Crippen molar-refractivity contribution in [2.24, 2.45) is 0 Å². The van der Waals surface area contributed by atoms with Crippen LogP contribution in [0.5, 0.6) is 0 Å². The van der Waals surface area contributed by atoms with Crippen LogP contribution in [0, 0.1) is 5.82 Å². The van der Waals surface area contributed by atoms with Crippen molar-refractivity contribution in [3.8, 4) is 0 Å². The zero-order valence-corrected chi connectivity index (χ0v) is 23.0. The molecule has 0 saturated carbocycles. The highest BCUT2D eigenvalue weighted by Gasteiger charge is 2.20. The van der Waals surface area contributed by atoms with Crippen molar-refractivity contribution in [3.05, 3.63) is 65.3 Å². The molecule has 1 fully saturated rings. The number of nitrogens with zero attached hydrogens (tertiary/aromatic N) is 3. The van der Waals surface area contributed by atoms with E-state index >= 15 is 0 Å². The number of rotatable bonds is 8. The minimum Gasteiger partial charge on any atom is -0.349 e. The molecule has 5 rings (SSSR count). The van der Waals surface area contributed by atoms with E-state index in [2.05, 4.69) is 31.2 Å². The third kappa shape index (κ3) is 6.10. The van der Waals surface area contributed by atoms with Crippen LogP contribution in [0.4, 0.5) is 33.2 Å². The van der Waals surface area contributed by atoms with Crippen LogP contribution >= 0.6 is 11.3 Å². The summed E-state index contributed by atoms with van der Waals surface area (Å²) in [4.78, 5) is 21.7. The Kier molecular flexibility index (Phi) is 7.64. The van der Waals surface area contributed by atoms with Crippen molar-refractivity contribution in [1.29, 1.82) is 0 Å². The van der Waals surface area contributed by atoms with Gasteiger partial charge in [0.2, 0.25) is 16.0 Å². The summed E-state index contributed by atoms with van der Waals surface area (Å²) in [6.45, 7) is 1.64. The summed E-state index contributed by atoms with van der Waals surface area (Å²) in [6.07, 6.45) is 2.75. The fourth-order valence-electron chi connectivity index (χ4n) is 4.30. The number of sulfonamides is 1. The molecule has 10 nitrogen and oxygen atoms in total. The van der Waals surface area contributed by atoms with Crippen molar-refractivity contribution < 1.29 is 17.6 Å². The number of benzene rings is 2. The first-order chi connectivity index (χ1) is 18.7. The Morgan fingerprint density at radius 1 is 1.10 bits per heavy atom. The van der Waals surface area contributed by atoms with E-state index in [1.807, 2.05) is 11.4 Å². The molecule has 3 heterocycles. The molecule has 1 amide bonds. The molecule has 0 unspecified atom stereocenters. The molecular weight excluding hydrogens is 541 g/mol. The number of anilines is 5. The molecule has 39 heavy (non-hydrogen) atoms. The van der Waals surface area contributed by atoms with Crippen molar-refractivity contribution in [3.63, 3.8) is 0 Å². The van der Waals surface area contributed by atoms with Gasteiger partial charge in [0.25, 0.3) is 5.91 Å². The van der Waals surface area contributed by atoms with Gasteiger partial charge in [0.15, 0.2) is 5.82 Å². The lowest BCUT2D eigenvalue weighted by Crippen LogP contribution is -2.42. The van der Waals surface area contributed by atoms with E-state index in [9.17, 15) is 17.6 Å². The topological polar surface area (TPSA) is 128 Å². The summed E-state index contributed by atoms with van der Waals surface area (Å²) in [6, 6.07) is 13.1. The maximum Gasteiger partial charge on any atom is 0.254 e. The molecule has 1 aliphatic heterocycles. The minimum absolute atomic E-state index is 0.0231. The summed E-state index contributed by atoms with van der Waals surface area (Å²) in [7, 11) is -2.01. The van der Waals surface area contributed by atoms with Gasteiger partial charge >= 0.3 is 0 Å². The van der Waals surface area contributed by atoms with Gasteiger partial charge in [-0.25, -0.2) is 17.8 Å². The second-order valence-corrected chi connectivity index (χ2v) is 12.2. The molecule has 2 aromatic heterocycles. The molecule has 1 saturated heterocycles. The number of piperidine rings is 1. The minimum atomic E-state index is -3.49. The lowest BCUT2D eigenvalue weighted by Gasteiger charge is -2.23. The summed E-state index contributed by atoms with van der Waals surface area (Å²) < 4.78 is 41.2. The van der Waals surface area contributed by atoms with Gasteiger partial charge in [-0.1, -0.05) is 12.1 Å². The second-order valence-electron chi connectivity index (χ2n) is 9.22. The fraction of sp³-hybridized carbons (Fsp3) is 0.269. The molecule has 0 aliphatic carbocycles. The normalized spacial score (nSPS) is 14.2. The van der Waals surface area contributed by atoms with Crippen molar-refractivity contribution in [1.82, 2.24) is 20.6 Å². The van der Waals surface area contributed by atoms with E-state index in [1.165, 1.54) is 34.8 Å². The average molecular weight is 570 g/mol. The largest absolute Gasteiger partial charge is 0.349 e. The van der Waals surface area contributed by atoms with Crippen molar-refractivity contribution in [2.75, 3.05) is 41.3 Å². The predicted molar refractivity (Wildman–Crippen MR) is 153 cm³/mol. The van der Waals surface area contributed by atoms with Crippen LogP contribution in [0.15, 0.2) is 53.9 Å². The molecule has 13 heteroatoms. The average Bonchev–Trinajstić information content (AvgIpc) is 3.38. The van der Waals surface area contributed by atoms with Gasteiger partial charge in [-0.3, -0.25) is 9.10 Å². The number of para-hydroxylation sites is 2. The summed E-state index contributed by atoms with van der Waals surface area (Å²) >= 11 is 1.43. The highest BCUT2D eigenvalue weighted by molar-refractivity contribution is 7.92. The highest BCUT2D eigenvalue weighted by atomic mass is 32.2. The Bertz CT molecular complexity index is 1620. The number of carbonyl (C=O) groups is 1. The standard InChI is InChI=1S/C26H28FN7O3S2/c1-34(39(2,36)37)22-6-4-3-5-20(22)31-24-23-21(11-14-38-23)32-26(33-24)30-17-7-8-18(19(27)15-17)25(35)29-16-9-12-28-13-10-16/h3-8,11,14-16,28H,9-10,12-13H2,1-2H3,(H,29,35)(H2,30,31,32,33). The zero-order valence-electron chi connectivity index (χ0n) is 21.4. The summed E-state index contributed by atoms with van der Waals surface area (Å²) in [5, 5.41) is 14.3. The molecule has 0 radical (unpaired) electrons. The molecule has 0 spiro atoms. The summed E-state index contributed by atoms with van der Waals surface area (Å²) in [5.41, 5.74) is 2.01. The van der Waals surface area contributed by atoms with Crippen LogP contribution in [-0.2, 0) is 10.0 Å². The van der Waals surface area contributed by atoms with Crippen molar-refractivity contribution >= 4 is 66.3 Å². The molecule has 0 atom stereocenters. The van der Waals surface area contributed by atoms with Gasteiger partial charge in [-0.15, -0.1) is 11.3 Å². The van der Waals surface area contributed by atoms with Crippen LogP contribution in [0.1, 0.15) is 23.2 Å². The van der Waals surface area contributed by atoms with E-state index in [4.69, 9.17) is 0 Å². The van der Waals surface area contributed by atoms with Crippen LogP contribution in [-0.4, -0.2) is 56.7 Å². The molecular formula is C26H28FN7O3S2. The van der Waals surface area contributed by atoms with Gasteiger partial charge in [-0.2, -0.15) is 4.98 Å². The van der Waals surface area contributed by atoms with Gasteiger partial charge in [0.05, 0.1) is 33.4 Å². The maximum atomic E-state index is 14.9. The van der Waals surface area contributed by atoms with Crippen LogP contribution in [0.3, 0.4) is 0 Å². The van der Waals surface area contributed by atoms with Crippen molar-refractivity contribution in [2.45, 2.75) is 18.9 Å². The number of hydrogen-bond acceptors (Lipinski definition) is 9. The monoisotopic (exact) mass is 569 g/mol. The highest BCUT2D eigenvalue weighted by Crippen LogP contribution is 2.34. The molecule has 4 N–H and O–H groups in total. The summed E-state index contributed by atoms with van der Waals surface area (Å²) in [5.74, 6) is -0.417. The van der Waals surface area contributed by atoms with E-state index in [-0.39, 0.29) is 17.6 Å². The smallest absolute Gasteiger partial charge is 0.254 e. The van der Waals surface area contributed by atoms with Gasteiger partial charge < -0.3 is 21.3 Å². The first-order valence-electron chi connectivity index (χ1n) is 12.3. The predicted octanol–water partition coefficient (Wildman–Crippen LogP) is 4.20. The lowest BCUT2D eigenvalue weighted by atomic mass is 10.1. The van der Waals surface area contributed by atoms with E-state index in [0.717, 1.165) is 36.9 Å². The van der Waals surface area contributed by atoms with Gasteiger partial charge in [0, 0.05) is 18.8 Å². The molecule has 1 aliphatic rings. The van der Waals surface area contributed by atoms with Crippen LogP contribution in [0.25, 0.3) is 10.2 Å². The van der Waals surface area contributed by atoms with Crippen LogP contribution in [0.2, 0.25) is 0 Å². The number of fused-ring (bicyclic) bond motifs is 1. The molecule has 2 aromatic carbocycles. The number of amides is 1. The molecule has 0 bridgehead atoms. The molecule has 4 aromatic rings. The second kappa shape index (κ2) is 11.1. The Hall–Kier alpha value is -3.81. The third-order valence-corrected chi connectivity index (χ3v) is 8.54. The Morgan fingerprint density at radius 2 is 1.87 bits per heavy atom. The first kappa shape index (κ1) is 26.8. The Labute approximate surface area is 229 Å². The number of thiophene rings is 1. The number of nitrogens with one attached hydrogen (secondary N) is 4. The van der Waals surface area contributed by atoms with Gasteiger partial charge in [-0.05, 0) is 67.7 Å². The van der Waals surface area contributed by atoms with E-state index in [1.54, 1.807) is 30.3 Å². The Balaban J connectivity index is 1.39. The fourth-order valence-corrected chi connectivity index (χ4v) is 5.59. The third-order valence-electron chi connectivity index (χ3n) is 6.44. The lowest BCUT2D eigenvalue weighted by molar-refractivity contribution is 0.0925. The maximum absolute atomic E-state index is 14.9. The number of aromatic nitrogens is 2. The first-order valence-corrected chi connectivity index (χ1v) is 15.0. The number of hydrogen-bond donors (Lipinski definition) is 4. The Morgan fingerprint density at radius 3 is 2.62 bits per heavy atom. The quantitative estimate of drug-likeness (QED) is 0.249. The molecule has 204 valence electrons.